The highest BCUT2D eigenvalue weighted by atomic mass is 79.9. The molecule has 0 radical (unpaired) electrons. The van der Waals surface area contributed by atoms with Crippen LogP contribution in [0.15, 0.2) is 22.7 Å². The zero-order chi connectivity index (χ0) is 9.84. The van der Waals surface area contributed by atoms with Crippen molar-refractivity contribution in [1.29, 1.82) is 0 Å². The number of hydrogen-bond acceptors (Lipinski definition) is 2. The second-order valence-corrected chi connectivity index (χ2v) is 3.80. The lowest BCUT2D eigenvalue weighted by Crippen LogP contribution is -2.15. The molecule has 0 fully saturated rings. The second kappa shape index (κ2) is 4.69. The number of hydrogen-bond donors (Lipinski definition) is 2. The summed E-state index contributed by atoms with van der Waals surface area (Å²) in [6.45, 7) is 0.509. The standard InChI is InChI=1S/C9H12BrFN2/c10-7-3-6(4-8(11)5-7)9(13)1-2-12/h3-5,9H,1-2,12-13H2/t9-/m0/s1. The fourth-order valence-corrected chi connectivity index (χ4v) is 1.62. The number of benzene rings is 1. The summed E-state index contributed by atoms with van der Waals surface area (Å²) in [5, 5.41) is 0. The van der Waals surface area contributed by atoms with Crippen LogP contribution in [0, 0.1) is 5.82 Å². The van der Waals surface area contributed by atoms with Gasteiger partial charge < -0.3 is 11.5 Å². The van der Waals surface area contributed by atoms with Crippen LogP contribution in [-0.2, 0) is 0 Å². The maximum Gasteiger partial charge on any atom is 0.124 e. The minimum Gasteiger partial charge on any atom is -0.330 e. The van der Waals surface area contributed by atoms with Crippen molar-refractivity contribution in [2.45, 2.75) is 12.5 Å². The second-order valence-electron chi connectivity index (χ2n) is 2.89. The summed E-state index contributed by atoms with van der Waals surface area (Å²) in [7, 11) is 0. The van der Waals surface area contributed by atoms with Crippen LogP contribution < -0.4 is 11.5 Å². The Morgan fingerprint density at radius 1 is 1.38 bits per heavy atom. The Bertz CT molecular complexity index is 271. The monoisotopic (exact) mass is 246 g/mol. The molecular formula is C9H12BrFN2. The molecule has 0 aliphatic heterocycles. The van der Waals surface area contributed by atoms with E-state index in [2.05, 4.69) is 15.9 Å². The lowest BCUT2D eigenvalue weighted by Gasteiger charge is -2.10. The number of rotatable bonds is 3. The first-order valence-corrected chi connectivity index (χ1v) is 4.84. The predicted octanol–water partition coefficient (Wildman–Crippen LogP) is 1.94. The Labute approximate surface area is 85.2 Å². The largest absolute Gasteiger partial charge is 0.330 e. The molecule has 0 saturated heterocycles. The first-order chi connectivity index (χ1) is 6.13. The SMILES string of the molecule is NCC[C@H](N)c1cc(F)cc(Br)c1. The van der Waals surface area contributed by atoms with Gasteiger partial charge in [0.1, 0.15) is 5.82 Å². The molecule has 2 nitrogen and oxygen atoms in total. The molecule has 1 atom stereocenters. The third-order valence-corrected chi connectivity index (χ3v) is 2.25. The van der Waals surface area contributed by atoms with Gasteiger partial charge in [0.05, 0.1) is 0 Å². The van der Waals surface area contributed by atoms with Crippen LogP contribution in [0.25, 0.3) is 0 Å². The van der Waals surface area contributed by atoms with Crippen molar-refractivity contribution in [3.63, 3.8) is 0 Å². The molecule has 0 saturated carbocycles. The van der Waals surface area contributed by atoms with Gasteiger partial charge in [0.15, 0.2) is 0 Å². The Kier molecular flexibility index (Phi) is 3.84. The maximum absolute atomic E-state index is 12.9. The third-order valence-electron chi connectivity index (χ3n) is 1.79. The molecule has 0 amide bonds. The van der Waals surface area contributed by atoms with E-state index in [0.717, 1.165) is 5.56 Å². The van der Waals surface area contributed by atoms with Crippen molar-refractivity contribution in [1.82, 2.24) is 0 Å². The Morgan fingerprint density at radius 2 is 2.08 bits per heavy atom. The molecule has 1 aromatic rings. The fourth-order valence-electron chi connectivity index (χ4n) is 1.14. The van der Waals surface area contributed by atoms with Gasteiger partial charge in [-0.05, 0) is 36.7 Å². The fraction of sp³-hybridized carbons (Fsp3) is 0.333. The van der Waals surface area contributed by atoms with Crippen LogP contribution in [0.2, 0.25) is 0 Å². The molecule has 0 bridgehead atoms. The molecule has 0 aliphatic rings. The van der Waals surface area contributed by atoms with E-state index in [1.807, 2.05) is 6.07 Å². The van der Waals surface area contributed by atoms with Crippen LogP contribution in [0.1, 0.15) is 18.0 Å². The highest BCUT2D eigenvalue weighted by molar-refractivity contribution is 9.10. The van der Waals surface area contributed by atoms with E-state index >= 15 is 0 Å². The zero-order valence-electron chi connectivity index (χ0n) is 7.13. The van der Waals surface area contributed by atoms with Gasteiger partial charge in [-0.25, -0.2) is 4.39 Å². The number of nitrogens with two attached hydrogens (primary N) is 2. The molecule has 1 aromatic carbocycles. The van der Waals surface area contributed by atoms with Gasteiger partial charge in [0, 0.05) is 10.5 Å². The number of halogens is 2. The summed E-state index contributed by atoms with van der Waals surface area (Å²) in [5.41, 5.74) is 11.9. The van der Waals surface area contributed by atoms with Crippen molar-refractivity contribution < 1.29 is 4.39 Å². The first-order valence-electron chi connectivity index (χ1n) is 4.05. The van der Waals surface area contributed by atoms with E-state index in [4.69, 9.17) is 11.5 Å². The molecule has 0 unspecified atom stereocenters. The lowest BCUT2D eigenvalue weighted by molar-refractivity contribution is 0.610. The van der Waals surface area contributed by atoms with E-state index in [9.17, 15) is 4.39 Å². The van der Waals surface area contributed by atoms with Crippen molar-refractivity contribution in [3.8, 4) is 0 Å². The lowest BCUT2D eigenvalue weighted by atomic mass is 10.1. The molecule has 0 aliphatic carbocycles. The Morgan fingerprint density at radius 3 is 2.62 bits per heavy atom. The van der Waals surface area contributed by atoms with Crippen molar-refractivity contribution in [3.05, 3.63) is 34.1 Å². The summed E-state index contributed by atoms with van der Waals surface area (Å²) < 4.78 is 13.6. The van der Waals surface area contributed by atoms with E-state index in [1.165, 1.54) is 12.1 Å². The molecule has 72 valence electrons. The van der Waals surface area contributed by atoms with Crippen LogP contribution in [0.4, 0.5) is 4.39 Å². The van der Waals surface area contributed by atoms with Crippen LogP contribution in [0.5, 0.6) is 0 Å². The molecule has 13 heavy (non-hydrogen) atoms. The normalized spacial score (nSPS) is 12.9. The third kappa shape index (κ3) is 3.06. The van der Waals surface area contributed by atoms with Crippen molar-refractivity contribution in [2.24, 2.45) is 11.5 Å². The highest BCUT2D eigenvalue weighted by Gasteiger charge is 2.06. The van der Waals surface area contributed by atoms with Gasteiger partial charge in [-0.3, -0.25) is 0 Å². The van der Waals surface area contributed by atoms with Gasteiger partial charge in [0.25, 0.3) is 0 Å². The molecular weight excluding hydrogens is 235 g/mol. The summed E-state index contributed by atoms with van der Waals surface area (Å²) >= 11 is 3.21. The smallest absolute Gasteiger partial charge is 0.124 e. The average molecular weight is 247 g/mol. The van der Waals surface area contributed by atoms with Gasteiger partial charge in [-0.1, -0.05) is 15.9 Å². The van der Waals surface area contributed by atoms with E-state index < -0.39 is 0 Å². The van der Waals surface area contributed by atoms with Crippen LogP contribution in [0.3, 0.4) is 0 Å². The Balaban J connectivity index is 2.87. The topological polar surface area (TPSA) is 52.0 Å². The zero-order valence-corrected chi connectivity index (χ0v) is 8.72. The Hall–Kier alpha value is -0.450. The molecule has 0 heterocycles. The van der Waals surface area contributed by atoms with Gasteiger partial charge in [-0.2, -0.15) is 0 Å². The predicted molar refractivity (Wildman–Crippen MR) is 54.7 cm³/mol. The van der Waals surface area contributed by atoms with Crippen LogP contribution >= 0.6 is 15.9 Å². The molecule has 4 heteroatoms. The average Bonchev–Trinajstić information content (AvgIpc) is 2.03. The summed E-state index contributed by atoms with van der Waals surface area (Å²) in [6, 6.07) is 4.46. The summed E-state index contributed by atoms with van der Waals surface area (Å²) in [5.74, 6) is -0.281. The molecule has 0 aromatic heterocycles. The van der Waals surface area contributed by atoms with Crippen molar-refractivity contribution >= 4 is 15.9 Å². The van der Waals surface area contributed by atoms with Crippen LogP contribution in [-0.4, -0.2) is 6.54 Å². The molecule has 0 spiro atoms. The van der Waals surface area contributed by atoms with Gasteiger partial charge >= 0.3 is 0 Å². The van der Waals surface area contributed by atoms with Gasteiger partial charge in [0.2, 0.25) is 0 Å². The summed E-state index contributed by atoms with van der Waals surface area (Å²) in [6.07, 6.45) is 0.663. The minimum absolute atomic E-state index is 0.183. The van der Waals surface area contributed by atoms with E-state index in [1.54, 1.807) is 0 Å². The maximum atomic E-state index is 12.9. The summed E-state index contributed by atoms with van der Waals surface area (Å²) in [4.78, 5) is 0. The van der Waals surface area contributed by atoms with Crippen molar-refractivity contribution in [2.75, 3.05) is 6.54 Å². The minimum atomic E-state index is -0.281. The van der Waals surface area contributed by atoms with E-state index in [0.29, 0.717) is 17.4 Å². The van der Waals surface area contributed by atoms with E-state index in [-0.39, 0.29) is 11.9 Å². The first kappa shape index (κ1) is 10.6. The van der Waals surface area contributed by atoms with Gasteiger partial charge in [-0.15, -0.1) is 0 Å². The molecule has 1 rings (SSSR count). The molecule has 4 N–H and O–H groups in total. The quantitative estimate of drug-likeness (QED) is 0.857. The highest BCUT2D eigenvalue weighted by Crippen LogP contribution is 2.20.